The SMILES string of the molecule is CC(C)CCCC(C)N[C@@H](C)C(=O)O. The van der Waals surface area contributed by atoms with Crippen LogP contribution in [0.3, 0.4) is 0 Å². The Kier molecular flexibility index (Phi) is 6.54. The van der Waals surface area contributed by atoms with Gasteiger partial charge in [0.1, 0.15) is 6.04 Å². The Balaban J connectivity index is 3.55. The van der Waals surface area contributed by atoms with Crippen molar-refractivity contribution in [2.24, 2.45) is 5.92 Å². The smallest absolute Gasteiger partial charge is 0.320 e. The summed E-state index contributed by atoms with van der Waals surface area (Å²) >= 11 is 0. The predicted octanol–water partition coefficient (Wildman–Crippen LogP) is 2.26. The van der Waals surface area contributed by atoms with E-state index in [4.69, 9.17) is 5.11 Å². The van der Waals surface area contributed by atoms with E-state index in [-0.39, 0.29) is 0 Å². The zero-order valence-corrected chi connectivity index (χ0v) is 9.71. The van der Waals surface area contributed by atoms with Crippen molar-refractivity contribution in [2.45, 2.75) is 59.0 Å². The van der Waals surface area contributed by atoms with E-state index >= 15 is 0 Å². The van der Waals surface area contributed by atoms with Gasteiger partial charge in [-0.15, -0.1) is 0 Å². The van der Waals surface area contributed by atoms with Crippen LogP contribution in [0.25, 0.3) is 0 Å². The van der Waals surface area contributed by atoms with Crippen LogP contribution in [-0.4, -0.2) is 23.2 Å². The monoisotopic (exact) mass is 201 g/mol. The summed E-state index contributed by atoms with van der Waals surface area (Å²) in [6, 6.07) is -0.149. The molecule has 0 aromatic rings. The van der Waals surface area contributed by atoms with Crippen LogP contribution in [-0.2, 0) is 4.79 Å². The fraction of sp³-hybridized carbons (Fsp3) is 0.909. The third-order valence-electron chi connectivity index (χ3n) is 2.32. The summed E-state index contributed by atoms with van der Waals surface area (Å²) in [7, 11) is 0. The summed E-state index contributed by atoms with van der Waals surface area (Å²) in [6.07, 6.45) is 3.43. The van der Waals surface area contributed by atoms with Crippen molar-refractivity contribution in [3.05, 3.63) is 0 Å². The highest BCUT2D eigenvalue weighted by molar-refractivity contribution is 5.72. The highest BCUT2D eigenvalue weighted by atomic mass is 16.4. The molecule has 0 bridgehead atoms. The Hall–Kier alpha value is -0.570. The molecule has 0 saturated carbocycles. The molecule has 0 heterocycles. The Morgan fingerprint density at radius 3 is 2.21 bits per heavy atom. The second-order valence-corrected chi connectivity index (χ2v) is 4.45. The molecule has 0 amide bonds. The van der Waals surface area contributed by atoms with Crippen LogP contribution in [0.4, 0.5) is 0 Å². The largest absolute Gasteiger partial charge is 0.480 e. The maximum Gasteiger partial charge on any atom is 0.320 e. The van der Waals surface area contributed by atoms with E-state index in [1.165, 1.54) is 6.42 Å². The van der Waals surface area contributed by atoms with Gasteiger partial charge in [0, 0.05) is 6.04 Å². The molecule has 0 saturated heterocycles. The van der Waals surface area contributed by atoms with Crippen LogP contribution in [0, 0.1) is 5.92 Å². The van der Waals surface area contributed by atoms with Gasteiger partial charge in [-0.3, -0.25) is 4.79 Å². The molecule has 0 spiro atoms. The van der Waals surface area contributed by atoms with Gasteiger partial charge in [0.15, 0.2) is 0 Å². The first-order chi connectivity index (χ1) is 6.43. The first kappa shape index (κ1) is 13.4. The molecule has 0 radical (unpaired) electrons. The van der Waals surface area contributed by atoms with Crippen LogP contribution in [0.2, 0.25) is 0 Å². The Labute approximate surface area is 86.9 Å². The molecule has 3 nitrogen and oxygen atoms in total. The van der Waals surface area contributed by atoms with E-state index in [1.54, 1.807) is 6.92 Å². The van der Waals surface area contributed by atoms with E-state index in [0.717, 1.165) is 18.8 Å². The zero-order valence-electron chi connectivity index (χ0n) is 9.71. The molecular formula is C11H23NO2. The van der Waals surface area contributed by atoms with Gasteiger partial charge in [-0.1, -0.05) is 26.7 Å². The van der Waals surface area contributed by atoms with Gasteiger partial charge >= 0.3 is 5.97 Å². The minimum Gasteiger partial charge on any atom is -0.480 e. The molecule has 2 N–H and O–H groups in total. The number of carboxylic acids is 1. The second-order valence-electron chi connectivity index (χ2n) is 4.45. The standard InChI is InChI=1S/C11H23NO2/c1-8(2)6-5-7-9(3)12-10(4)11(13)14/h8-10,12H,5-7H2,1-4H3,(H,13,14)/t9?,10-/m0/s1. The molecule has 0 aliphatic rings. The summed E-state index contributed by atoms with van der Waals surface area (Å²) < 4.78 is 0. The van der Waals surface area contributed by atoms with Crippen molar-refractivity contribution in [3.8, 4) is 0 Å². The van der Waals surface area contributed by atoms with Crippen LogP contribution in [0.5, 0.6) is 0 Å². The molecule has 0 fully saturated rings. The van der Waals surface area contributed by atoms with Gasteiger partial charge in [-0.25, -0.2) is 0 Å². The molecule has 14 heavy (non-hydrogen) atoms. The Bertz CT molecular complexity index is 169. The molecule has 84 valence electrons. The molecule has 0 aliphatic carbocycles. The Morgan fingerprint density at radius 1 is 1.21 bits per heavy atom. The minimum atomic E-state index is -0.777. The number of carbonyl (C=O) groups is 1. The van der Waals surface area contributed by atoms with Crippen molar-refractivity contribution in [3.63, 3.8) is 0 Å². The second kappa shape index (κ2) is 6.82. The average Bonchev–Trinajstić information content (AvgIpc) is 2.02. The van der Waals surface area contributed by atoms with Crippen LogP contribution >= 0.6 is 0 Å². The fourth-order valence-corrected chi connectivity index (χ4v) is 1.41. The van der Waals surface area contributed by atoms with Crippen LogP contribution in [0.15, 0.2) is 0 Å². The first-order valence-corrected chi connectivity index (χ1v) is 5.42. The van der Waals surface area contributed by atoms with E-state index in [2.05, 4.69) is 19.2 Å². The molecule has 0 aromatic heterocycles. The lowest BCUT2D eigenvalue weighted by molar-refractivity contribution is -0.139. The van der Waals surface area contributed by atoms with Crippen molar-refractivity contribution in [2.75, 3.05) is 0 Å². The molecule has 0 rings (SSSR count). The lowest BCUT2D eigenvalue weighted by Crippen LogP contribution is -2.39. The van der Waals surface area contributed by atoms with E-state index in [1.807, 2.05) is 6.92 Å². The molecule has 0 aromatic carbocycles. The van der Waals surface area contributed by atoms with Gasteiger partial charge in [-0.05, 0) is 26.2 Å². The maximum absolute atomic E-state index is 10.6. The van der Waals surface area contributed by atoms with Crippen LogP contribution < -0.4 is 5.32 Å². The van der Waals surface area contributed by atoms with Gasteiger partial charge in [-0.2, -0.15) is 0 Å². The normalized spacial score (nSPS) is 15.5. The van der Waals surface area contributed by atoms with Crippen molar-refractivity contribution < 1.29 is 9.90 Å². The molecule has 3 heteroatoms. The quantitative estimate of drug-likeness (QED) is 0.664. The number of hydrogen-bond donors (Lipinski definition) is 2. The highest BCUT2D eigenvalue weighted by Gasteiger charge is 2.13. The molecule has 2 atom stereocenters. The highest BCUT2D eigenvalue weighted by Crippen LogP contribution is 2.08. The van der Waals surface area contributed by atoms with E-state index < -0.39 is 12.0 Å². The van der Waals surface area contributed by atoms with Crippen molar-refractivity contribution in [1.29, 1.82) is 0 Å². The zero-order chi connectivity index (χ0) is 11.1. The number of aliphatic carboxylic acids is 1. The van der Waals surface area contributed by atoms with E-state index in [9.17, 15) is 4.79 Å². The molecule has 0 aliphatic heterocycles. The summed E-state index contributed by atoms with van der Waals surface area (Å²) in [4.78, 5) is 10.6. The van der Waals surface area contributed by atoms with Gasteiger partial charge in [0.2, 0.25) is 0 Å². The number of nitrogens with one attached hydrogen (secondary N) is 1. The van der Waals surface area contributed by atoms with Gasteiger partial charge in [0.25, 0.3) is 0 Å². The number of rotatable bonds is 7. The van der Waals surface area contributed by atoms with Crippen molar-refractivity contribution in [1.82, 2.24) is 5.32 Å². The summed E-state index contributed by atoms with van der Waals surface area (Å²) in [5, 5.41) is 11.7. The third-order valence-corrected chi connectivity index (χ3v) is 2.32. The summed E-state index contributed by atoms with van der Waals surface area (Å²) in [6.45, 7) is 8.14. The third kappa shape index (κ3) is 6.89. The fourth-order valence-electron chi connectivity index (χ4n) is 1.41. The summed E-state index contributed by atoms with van der Waals surface area (Å²) in [5.74, 6) is -0.0418. The topological polar surface area (TPSA) is 49.3 Å². The van der Waals surface area contributed by atoms with Crippen LogP contribution in [0.1, 0.15) is 47.0 Å². The van der Waals surface area contributed by atoms with Gasteiger partial charge < -0.3 is 10.4 Å². The number of carboxylic acid groups (broad SMARTS) is 1. The van der Waals surface area contributed by atoms with E-state index in [0.29, 0.717) is 6.04 Å². The number of hydrogen-bond acceptors (Lipinski definition) is 2. The molecule has 1 unspecified atom stereocenters. The lowest BCUT2D eigenvalue weighted by Gasteiger charge is -2.17. The Morgan fingerprint density at radius 2 is 1.79 bits per heavy atom. The lowest BCUT2D eigenvalue weighted by atomic mass is 10.0. The van der Waals surface area contributed by atoms with Crippen molar-refractivity contribution >= 4 is 5.97 Å². The maximum atomic E-state index is 10.6. The first-order valence-electron chi connectivity index (χ1n) is 5.42. The molecular weight excluding hydrogens is 178 g/mol. The minimum absolute atomic E-state index is 0.292. The van der Waals surface area contributed by atoms with Gasteiger partial charge in [0.05, 0.1) is 0 Å². The average molecular weight is 201 g/mol. The summed E-state index contributed by atoms with van der Waals surface area (Å²) in [5.41, 5.74) is 0. The predicted molar refractivity (Wildman–Crippen MR) is 58.4 cm³/mol.